The molecule has 1 aliphatic heterocycles. The van der Waals surface area contributed by atoms with Crippen molar-refractivity contribution in [3.63, 3.8) is 0 Å². The van der Waals surface area contributed by atoms with Crippen molar-refractivity contribution in [1.82, 2.24) is 9.47 Å². The quantitative estimate of drug-likeness (QED) is 0.437. The number of carbonyl (C=O) groups is 1. The molecule has 3 aromatic rings. The number of aryl methyl sites for hydroxylation is 1. The topological polar surface area (TPSA) is 25.2 Å². The van der Waals surface area contributed by atoms with Gasteiger partial charge in [-0.2, -0.15) is 0 Å². The Morgan fingerprint density at radius 2 is 1.53 bits per heavy atom. The van der Waals surface area contributed by atoms with Crippen molar-refractivity contribution in [2.75, 3.05) is 13.1 Å². The SMILES string of the molecule is C[C@@H]1C[C@@H](C)CN(C(=O)c2ccc(-n3c(-c4ccccc4)cc4c3CCCCC4)cc2)C1. The number of rotatable bonds is 3. The molecule has 166 valence electrons. The molecule has 0 bridgehead atoms. The zero-order chi connectivity index (χ0) is 22.1. The Bertz CT molecular complexity index is 1070. The third kappa shape index (κ3) is 4.13. The number of piperidine rings is 1. The summed E-state index contributed by atoms with van der Waals surface area (Å²) in [6.45, 7) is 6.24. The molecule has 3 heteroatoms. The number of carbonyl (C=O) groups excluding carboxylic acids is 1. The van der Waals surface area contributed by atoms with Gasteiger partial charge in [-0.25, -0.2) is 0 Å². The van der Waals surface area contributed by atoms with Gasteiger partial charge < -0.3 is 9.47 Å². The van der Waals surface area contributed by atoms with Crippen LogP contribution >= 0.6 is 0 Å². The molecule has 1 aromatic heterocycles. The first-order valence-corrected chi connectivity index (χ1v) is 12.3. The van der Waals surface area contributed by atoms with Crippen LogP contribution in [0.2, 0.25) is 0 Å². The van der Waals surface area contributed by atoms with Crippen LogP contribution < -0.4 is 0 Å². The summed E-state index contributed by atoms with van der Waals surface area (Å²) < 4.78 is 2.44. The number of benzene rings is 2. The molecule has 0 N–H and O–H groups in total. The Balaban J connectivity index is 1.50. The molecular weight excluding hydrogens is 392 g/mol. The van der Waals surface area contributed by atoms with Crippen molar-refractivity contribution >= 4 is 5.91 Å². The second-order valence-electron chi connectivity index (χ2n) is 9.97. The summed E-state index contributed by atoms with van der Waals surface area (Å²) >= 11 is 0. The average molecular weight is 427 g/mol. The van der Waals surface area contributed by atoms with Gasteiger partial charge in [0, 0.05) is 30.0 Å². The summed E-state index contributed by atoms with van der Waals surface area (Å²) in [5.74, 6) is 1.32. The van der Waals surface area contributed by atoms with Crippen LogP contribution in [0.1, 0.15) is 61.1 Å². The number of hydrogen-bond acceptors (Lipinski definition) is 1. The number of fused-ring (bicyclic) bond motifs is 1. The van der Waals surface area contributed by atoms with Gasteiger partial charge in [0.2, 0.25) is 0 Å². The van der Waals surface area contributed by atoms with Crippen molar-refractivity contribution in [1.29, 1.82) is 0 Å². The van der Waals surface area contributed by atoms with E-state index < -0.39 is 0 Å². The fourth-order valence-corrected chi connectivity index (χ4v) is 5.76. The first-order chi connectivity index (χ1) is 15.6. The Hall–Kier alpha value is -2.81. The molecule has 2 heterocycles. The van der Waals surface area contributed by atoms with E-state index in [0.29, 0.717) is 11.8 Å². The van der Waals surface area contributed by atoms with E-state index in [1.165, 1.54) is 48.2 Å². The van der Waals surface area contributed by atoms with Gasteiger partial charge in [0.05, 0.1) is 5.69 Å². The third-order valence-electron chi connectivity index (χ3n) is 7.15. The smallest absolute Gasteiger partial charge is 0.253 e. The summed E-state index contributed by atoms with van der Waals surface area (Å²) in [5.41, 5.74) is 7.39. The van der Waals surface area contributed by atoms with Crippen molar-refractivity contribution in [2.45, 2.75) is 52.4 Å². The zero-order valence-corrected chi connectivity index (χ0v) is 19.4. The minimum atomic E-state index is 0.171. The van der Waals surface area contributed by atoms with E-state index in [1.54, 1.807) is 0 Å². The van der Waals surface area contributed by atoms with Gasteiger partial charge in [0.25, 0.3) is 5.91 Å². The molecule has 0 saturated carbocycles. The maximum atomic E-state index is 13.2. The maximum absolute atomic E-state index is 13.2. The van der Waals surface area contributed by atoms with Crippen molar-refractivity contribution in [3.05, 3.63) is 77.5 Å². The molecule has 1 aliphatic carbocycles. The van der Waals surface area contributed by atoms with Crippen molar-refractivity contribution in [3.8, 4) is 16.9 Å². The molecule has 3 nitrogen and oxygen atoms in total. The molecule has 0 radical (unpaired) electrons. The fourth-order valence-electron chi connectivity index (χ4n) is 5.76. The molecule has 0 unspecified atom stereocenters. The van der Waals surface area contributed by atoms with Crippen LogP contribution in [-0.2, 0) is 12.8 Å². The largest absolute Gasteiger partial charge is 0.338 e. The van der Waals surface area contributed by atoms with Crippen LogP contribution in [0.4, 0.5) is 0 Å². The second-order valence-corrected chi connectivity index (χ2v) is 9.97. The van der Waals surface area contributed by atoms with E-state index in [0.717, 1.165) is 37.2 Å². The van der Waals surface area contributed by atoms with E-state index in [9.17, 15) is 4.79 Å². The molecule has 1 fully saturated rings. The number of nitrogens with zero attached hydrogens (tertiary/aromatic N) is 2. The minimum absolute atomic E-state index is 0.171. The Morgan fingerprint density at radius 3 is 2.25 bits per heavy atom. The molecule has 2 aliphatic rings. The predicted molar refractivity (Wildman–Crippen MR) is 131 cm³/mol. The van der Waals surface area contributed by atoms with Crippen LogP contribution in [0, 0.1) is 11.8 Å². The lowest BCUT2D eigenvalue weighted by molar-refractivity contribution is 0.0623. The summed E-state index contributed by atoms with van der Waals surface area (Å²) in [5, 5.41) is 0. The van der Waals surface area contributed by atoms with Gasteiger partial charge in [-0.1, -0.05) is 50.6 Å². The van der Waals surface area contributed by atoms with Gasteiger partial charge in [0.1, 0.15) is 0 Å². The fraction of sp³-hybridized carbons (Fsp3) is 0.414. The number of likely N-dealkylation sites (tertiary alicyclic amines) is 1. The predicted octanol–water partition coefficient (Wildman–Crippen LogP) is 6.53. The summed E-state index contributed by atoms with van der Waals surface area (Å²) in [6, 6.07) is 21.4. The molecule has 5 rings (SSSR count). The molecule has 2 atom stereocenters. The molecule has 1 amide bonds. The second kappa shape index (κ2) is 8.97. The first-order valence-electron chi connectivity index (χ1n) is 12.3. The highest BCUT2D eigenvalue weighted by atomic mass is 16.2. The van der Waals surface area contributed by atoms with Crippen LogP contribution in [0.5, 0.6) is 0 Å². The van der Waals surface area contributed by atoms with Crippen molar-refractivity contribution < 1.29 is 4.79 Å². The maximum Gasteiger partial charge on any atom is 0.253 e. The number of hydrogen-bond donors (Lipinski definition) is 0. The lowest BCUT2D eigenvalue weighted by atomic mass is 9.91. The first kappa shape index (κ1) is 21.1. The standard InChI is InChI=1S/C29H34N2O/c1-21-17-22(2)20-30(19-21)29(32)24-13-15-26(16-14-24)31-27-12-8-4-7-11-25(27)18-28(31)23-9-5-3-6-10-23/h3,5-6,9-10,13-16,18,21-22H,4,7-8,11-12,17,19-20H2,1-2H3/t21-,22-/m1/s1. The Labute approximate surface area is 192 Å². The lowest BCUT2D eigenvalue weighted by Crippen LogP contribution is -2.42. The minimum Gasteiger partial charge on any atom is -0.338 e. The van der Waals surface area contributed by atoms with Crippen LogP contribution in [0.25, 0.3) is 16.9 Å². The molecule has 32 heavy (non-hydrogen) atoms. The number of amides is 1. The van der Waals surface area contributed by atoms with Gasteiger partial charge in [0.15, 0.2) is 0 Å². The van der Waals surface area contributed by atoms with Gasteiger partial charge in [-0.15, -0.1) is 0 Å². The van der Waals surface area contributed by atoms with Crippen LogP contribution in [-0.4, -0.2) is 28.5 Å². The van der Waals surface area contributed by atoms with Crippen LogP contribution in [0.15, 0.2) is 60.7 Å². The van der Waals surface area contributed by atoms with E-state index >= 15 is 0 Å². The molecular formula is C29H34N2O. The molecule has 2 aromatic carbocycles. The van der Waals surface area contributed by atoms with Crippen molar-refractivity contribution in [2.24, 2.45) is 11.8 Å². The highest BCUT2D eigenvalue weighted by molar-refractivity contribution is 5.94. The summed E-state index contributed by atoms with van der Waals surface area (Å²) in [6.07, 6.45) is 7.30. The lowest BCUT2D eigenvalue weighted by Gasteiger charge is -2.35. The van der Waals surface area contributed by atoms with Gasteiger partial charge >= 0.3 is 0 Å². The zero-order valence-electron chi connectivity index (χ0n) is 19.4. The summed E-state index contributed by atoms with van der Waals surface area (Å²) in [7, 11) is 0. The average Bonchev–Trinajstić information content (AvgIpc) is 3.01. The van der Waals surface area contributed by atoms with E-state index in [2.05, 4.69) is 66.9 Å². The van der Waals surface area contributed by atoms with Crippen LogP contribution in [0.3, 0.4) is 0 Å². The van der Waals surface area contributed by atoms with E-state index in [4.69, 9.17) is 0 Å². The van der Waals surface area contributed by atoms with E-state index in [-0.39, 0.29) is 5.91 Å². The van der Waals surface area contributed by atoms with Gasteiger partial charge in [-0.05, 0) is 85.4 Å². The third-order valence-corrected chi connectivity index (χ3v) is 7.15. The highest BCUT2D eigenvalue weighted by Crippen LogP contribution is 2.33. The molecule has 1 saturated heterocycles. The van der Waals surface area contributed by atoms with Gasteiger partial charge in [-0.3, -0.25) is 4.79 Å². The highest BCUT2D eigenvalue weighted by Gasteiger charge is 2.26. The normalized spacial score (nSPS) is 21.1. The summed E-state index contributed by atoms with van der Waals surface area (Å²) in [4.78, 5) is 15.2. The Kier molecular flexibility index (Phi) is 5.91. The molecule has 0 spiro atoms. The Morgan fingerprint density at radius 1 is 0.844 bits per heavy atom. The number of aromatic nitrogens is 1. The monoisotopic (exact) mass is 426 g/mol. The van der Waals surface area contributed by atoms with E-state index in [1.807, 2.05) is 17.0 Å².